The predicted octanol–water partition coefficient (Wildman–Crippen LogP) is 10.2. The lowest BCUT2D eigenvalue weighted by molar-refractivity contribution is -0.114. The molecule has 0 spiro atoms. The van der Waals surface area contributed by atoms with Crippen LogP contribution in [-0.2, 0) is 9.59 Å². The lowest BCUT2D eigenvalue weighted by Crippen LogP contribution is -2.15. The number of hydrogen-bond donors (Lipinski definition) is 6. The van der Waals surface area contributed by atoms with Gasteiger partial charge in [-0.05, 0) is 91.0 Å². The highest BCUT2D eigenvalue weighted by Gasteiger charge is 2.37. The molecule has 0 saturated heterocycles. The maximum atomic E-state index is 13.1. The van der Waals surface area contributed by atoms with E-state index in [1.54, 1.807) is 51.7 Å². The third-order valence-corrected chi connectivity index (χ3v) is 12.7. The Balaban J connectivity index is 0.000000136. The summed E-state index contributed by atoms with van der Waals surface area (Å²) in [6, 6.07) is 38.3. The molecule has 0 aliphatic heterocycles. The van der Waals surface area contributed by atoms with Crippen molar-refractivity contribution in [1.82, 2.24) is 30.6 Å². The van der Waals surface area contributed by atoms with Crippen molar-refractivity contribution in [3.63, 3.8) is 0 Å². The number of nitrogens with zero attached hydrogens (tertiary/aromatic N) is 3. The van der Waals surface area contributed by atoms with E-state index in [1.807, 2.05) is 97.1 Å². The minimum Gasteiger partial charge on any atom is -0.497 e. The molecular formula is C56H46ClN9O8. The van der Waals surface area contributed by atoms with Gasteiger partial charge in [-0.2, -0.15) is 15.3 Å². The smallest absolute Gasteiger partial charge is 0.239 e. The van der Waals surface area contributed by atoms with Crippen molar-refractivity contribution >= 4 is 57.8 Å². The first kappa shape index (κ1) is 49.4. The molecule has 3 aliphatic rings. The number of fused-ring (bicyclic) bond motifs is 9. The number of aromatic nitrogens is 6. The quantitative estimate of drug-likeness (QED) is 0.0584. The third kappa shape index (κ3) is 8.60. The Morgan fingerprint density at radius 2 is 0.838 bits per heavy atom. The van der Waals surface area contributed by atoms with Gasteiger partial charge in [-0.3, -0.25) is 39.3 Å². The van der Waals surface area contributed by atoms with Crippen molar-refractivity contribution in [2.75, 3.05) is 43.6 Å². The summed E-state index contributed by atoms with van der Waals surface area (Å²) in [6.45, 7) is 1.42. The summed E-state index contributed by atoms with van der Waals surface area (Å²) in [6.07, 6.45) is 0. The van der Waals surface area contributed by atoms with Gasteiger partial charge < -0.3 is 30.6 Å². The zero-order valence-corrected chi connectivity index (χ0v) is 40.2. The fraction of sp³-hybridized carbons (Fsp3) is 0.107. The van der Waals surface area contributed by atoms with E-state index in [9.17, 15) is 24.0 Å². The van der Waals surface area contributed by atoms with E-state index in [0.29, 0.717) is 84.5 Å². The van der Waals surface area contributed by atoms with Gasteiger partial charge in [0.25, 0.3) is 0 Å². The van der Waals surface area contributed by atoms with Gasteiger partial charge in [-0.15, -0.1) is 11.6 Å². The van der Waals surface area contributed by atoms with Crippen LogP contribution in [0.1, 0.15) is 62.1 Å². The van der Waals surface area contributed by atoms with Gasteiger partial charge >= 0.3 is 0 Å². The van der Waals surface area contributed by atoms with Crippen molar-refractivity contribution < 1.29 is 38.2 Å². The lowest BCUT2D eigenvalue weighted by atomic mass is 10.0. The van der Waals surface area contributed by atoms with Crippen LogP contribution in [-0.4, -0.2) is 87.0 Å². The zero-order valence-electron chi connectivity index (χ0n) is 39.4. The third-order valence-electron chi connectivity index (χ3n) is 12.5. The van der Waals surface area contributed by atoms with Crippen LogP contribution in [0.15, 0.2) is 127 Å². The highest BCUT2D eigenvalue weighted by molar-refractivity contribution is 6.31. The molecule has 6 aromatic carbocycles. The summed E-state index contributed by atoms with van der Waals surface area (Å²) < 4.78 is 15.5. The average molecular weight is 1010 g/mol. The van der Waals surface area contributed by atoms with Gasteiger partial charge in [0.2, 0.25) is 11.8 Å². The van der Waals surface area contributed by atoms with E-state index in [1.165, 1.54) is 6.92 Å². The SMILES string of the molecule is C.COc1ccc(-c2n[nH]c3c2C(=O)c2c(N)cccc2-3)cc1.COc1ccc(-c2n[nH]c3c2C(=O)c2c(NC(=O)CCl)cccc2-3)cc1.COc1ccc(-c2n[nH]c3c2C(=O)c2c(NC(C)=O)cccc2-3)cc1. The molecule has 17 nitrogen and oxygen atoms in total. The first-order valence-electron chi connectivity index (χ1n) is 22.6. The molecule has 0 bridgehead atoms. The van der Waals surface area contributed by atoms with Crippen molar-refractivity contribution in [2.24, 2.45) is 0 Å². The second-order valence-electron chi connectivity index (χ2n) is 16.7. The molecular weight excluding hydrogens is 962 g/mol. The lowest BCUT2D eigenvalue weighted by Gasteiger charge is -2.08. The second kappa shape index (κ2) is 20.2. The fourth-order valence-corrected chi connectivity index (χ4v) is 9.21. The highest BCUT2D eigenvalue weighted by atomic mass is 35.5. The van der Waals surface area contributed by atoms with Crippen molar-refractivity contribution in [2.45, 2.75) is 14.4 Å². The standard InChI is InChI=1S/C19H14ClN3O3.C19H15N3O3.C17H13N3O2.CH4/c1-26-11-7-5-10(6-8-11)17-16-18(23-22-17)12-3-2-4-13(15(12)19(16)25)21-14(24)9-20;1-10(23)20-14-5-3-4-13-15(14)19(24)16-17(21-22-18(13)16)11-6-8-12(25-2)9-7-11;1-22-10-7-5-9(6-8-10)15-14-16(20-19-15)11-3-2-4-12(18)13(11)17(14)21;/h2-8H,9H2,1H3,(H,21,24)(H,22,23);3-9H,1-2H3,(H,20,23)(H,21,22);2-8H,18H2,1H3,(H,19,20);1H4. The number of nitrogens with two attached hydrogens (primary N) is 1. The van der Waals surface area contributed by atoms with Crippen LogP contribution in [0.2, 0.25) is 0 Å². The number of halogens is 1. The first-order chi connectivity index (χ1) is 35.4. The van der Waals surface area contributed by atoms with Crippen LogP contribution in [0.4, 0.5) is 17.1 Å². The topological polar surface area (TPSA) is 249 Å². The summed E-state index contributed by atoms with van der Waals surface area (Å²) in [5, 5.41) is 27.3. The summed E-state index contributed by atoms with van der Waals surface area (Å²) in [4.78, 5) is 61.9. The number of ether oxygens (including phenoxy) is 3. The molecule has 0 saturated carbocycles. The number of alkyl halides is 1. The van der Waals surface area contributed by atoms with E-state index in [-0.39, 0.29) is 42.5 Å². The van der Waals surface area contributed by atoms with Gasteiger partial charge in [-0.25, -0.2) is 0 Å². The molecule has 7 N–H and O–H groups in total. The van der Waals surface area contributed by atoms with E-state index in [4.69, 9.17) is 31.5 Å². The normalized spacial score (nSPS) is 11.8. The van der Waals surface area contributed by atoms with Crippen LogP contribution in [0.25, 0.3) is 67.5 Å². The summed E-state index contributed by atoms with van der Waals surface area (Å²) in [5.41, 5.74) is 19.1. The van der Waals surface area contributed by atoms with Gasteiger partial charge in [0.1, 0.15) is 40.2 Å². The van der Waals surface area contributed by atoms with E-state index in [2.05, 4.69) is 41.2 Å². The summed E-state index contributed by atoms with van der Waals surface area (Å²) in [5.74, 6) is 1.05. The number of carbonyl (C=O) groups excluding carboxylic acids is 5. The van der Waals surface area contributed by atoms with Crippen LogP contribution < -0.4 is 30.6 Å². The number of hydrogen-bond acceptors (Lipinski definition) is 12. The molecule has 0 fully saturated rings. The molecule has 3 aromatic heterocycles. The van der Waals surface area contributed by atoms with Crippen molar-refractivity contribution in [3.05, 3.63) is 161 Å². The molecule has 2 amide bonds. The number of H-pyrrole nitrogens is 3. The van der Waals surface area contributed by atoms with Gasteiger partial charge in [0.05, 0.1) is 83.2 Å². The number of nitrogen functional groups attached to an aromatic ring is 1. The number of amides is 2. The fourth-order valence-electron chi connectivity index (χ4n) is 9.15. The van der Waals surface area contributed by atoms with Gasteiger partial charge in [0.15, 0.2) is 17.3 Å². The molecule has 0 radical (unpaired) electrons. The van der Waals surface area contributed by atoms with Crippen LogP contribution in [0, 0.1) is 0 Å². The monoisotopic (exact) mass is 1010 g/mol. The Hall–Kier alpha value is -9.61. The Labute approximate surface area is 428 Å². The average Bonchev–Trinajstić information content (AvgIpc) is 4.29. The van der Waals surface area contributed by atoms with Crippen LogP contribution >= 0.6 is 11.6 Å². The molecule has 12 rings (SSSR count). The van der Waals surface area contributed by atoms with E-state index >= 15 is 0 Å². The molecule has 0 unspecified atom stereocenters. The van der Waals surface area contributed by atoms with E-state index < -0.39 is 0 Å². The van der Waals surface area contributed by atoms with Crippen LogP contribution in [0.3, 0.4) is 0 Å². The number of methoxy groups -OCH3 is 3. The predicted molar refractivity (Wildman–Crippen MR) is 283 cm³/mol. The number of ketones is 3. The Bertz CT molecular complexity index is 3690. The number of anilines is 3. The molecule has 18 heteroatoms. The number of rotatable bonds is 9. The molecule has 0 atom stereocenters. The van der Waals surface area contributed by atoms with Gasteiger partial charge in [0, 0.05) is 46.0 Å². The van der Waals surface area contributed by atoms with Gasteiger partial charge in [-0.1, -0.05) is 43.8 Å². The molecule has 9 aromatic rings. The Morgan fingerprint density at radius 3 is 1.19 bits per heavy atom. The maximum Gasteiger partial charge on any atom is 0.239 e. The molecule has 370 valence electrons. The second-order valence-corrected chi connectivity index (χ2v) is 17.0. The molecule has 3 heterocycles. The highest BCUT2D eigenvalue weighted by Crippen LogP contribution is 2.46. The van der Waals surface area contributed by atoms with E-state index in [0.717, 1.165) is 50.8 Å². The Kier molecular flexibility index (Phi) is 13.5. The minimum absolute atomic E-state index is 0. The largest absolute Gasteiger partial charge is 0.497 e. The summed E-state index contributed by atoms with van der Waals surface area (Å²) >= 11 is 5.56. The Morgan fingerprint density at radius 1 is 0.500 bits per heavy atom. The molecule has 74 heavy (non-hydrogen) atoms. The number of nitrogens with one attached hydrogen (secondary N) is 5. The first-order valence-corrected chi connectivity index (χ1v) is 23.1. The molecule has 3 aliphatic carbocycles. The van der Waals surface area contributed by atoms with Crippen LogP contribution in [0.5, 0.6) is 17.2 Å². The number of carbonyl (C=O) groups is 5. The number of aromatic amines is 3. The maximum absolute atomic E-state index is 13.1. The zero-order chi connectivity index (χ0) is 51.1. The number of benzene rings is 6. The summed E-state index contributed by atoms with van der Waals surface area (Å²) in [7, 11) is 4.81. The minimum atomic E-state index is -0.364. The van der Waals surface area contributed by atoms with Crippen molar-refractivity contribution in [1.29, 1.82) is 0 Å². The van der Waals surface area contributed by atoms with Crippen molar-refractivity contribution in [3.8, 4) is 84.8 Å².